The minimum Gasteiger partial charge on any atom is -0.497 e. The molecule has 2 aromatic carbocycles. The van der Waals surface area contributed by atoms with Crippen molar-refractivity contribution >= 4 is 0 Å². The Morgan fingerprint density at radius 3 is 2.69 bits per heavy atom. The molecule has 7 nitrogen and oxygen atoms in total. The molecule has 0 amide bonds. The lowest BCUT2D eigenvalue weighted by atomic mass is 9.83. The summed E-state index contributed by atoms with van der Waals surface area (Å²) in [6.07, 6.45) is 0. The number of aromatic amines is 1. The SMILES string of the molecule is CCOc1ccc([C@H]2C(C#N)=C(N)Oc3n[nH]c(-c4cccc(OC)c4)c32)cc1. The van der Waals surface area contributed by atoms with E-state index in [2.05, 4.69) is 16.3 Å². The lowest BCUT2D eigenvalue weighted by molar-refractivity contribution is 0.340. The maximum atomic E-state index is 9.80. The van der Waals surface area contributed by atoms with Gasteiger partial charge in [-0.1, -0.05) is 24.3 Å². The number of methoxy groups -OCH3 is 1. The van der Waals surface area contributed by atoms with E-state index in [9.17, 15) is 5.26 Å². The van der Waals surface area contributed by atoms with E-state index in [0.717, 1.165) is 33.9 Å². The molecule has 29 heavy (non-hydrogen) atoms. The highest BCUT2D eigenvalue weighted by atomic mass is 16.5. The lowest BCUT2D eigenvalue weighted by Crippen LogP contribution is -2.21. The van der Waals surface area contributed by atoms with Crippen molar-refractivity contribution in [1.29, 1.82) is 5.26 Å². The first-order chi connectivity index (χ1) is 14.2. The second-order valence-corrected chi connectivity index (χ2v) is 6.48. The number of fused-ring (bicyclic) bond motifs is 1. The summed E-state index contributed by atoms with van der Waals surface area (Å²) in [7, 11) is 1.62. The highest BCUT2D eigenvalue weighted by Gasteiger charge is 2.35. The Morgan fingerprint density at radius 2 is 2.00 bits per heavy atom. The molecule has 0 saturated carbocycles. The minimum absolute atomic E-state index is 0.0579. The summed E-state index contributed by atoms with van der Waals surface area (Å²) in [5.74, 6) is 1.48. The van der Waals surface area contributed by atoms with E-state index in [1.165, 1.54) is 0 Å². The van der Waals surface area contributed by atoms with Crippen molar-refractivity contribution < 1.29 is 14.2 Å². The zero-order valence-corrected chi connectivity index (χ0v) is 16.1. The van der Waals surface area contributed by atoms with Crippen LogP contribution in [0.15, 0.2) is 60.0 Å². The summed E-state index contributed by atoms with van der Waals surface area (Å²) in [5, 5.41) is 17.1. The molecular formula is C22H20N4O3. The zero-order valence-electron chi connectivity index (χ0n) is 16.1. The first-order valence-electron chi connectivity index (χ1n) is 9.19. The van der Waals surface area contributed by atoms with E-state index in [0.29, 0.717) is 18.1 Å². The Balaban J connectivity index is 1.87. The van der Waals surface area contributed by atoms with Crippen LogP contribution in [0.5, 0.6) is 17.4 Å². The molecule has 1 aliphatic heterocycles. The average Bonchev–Trinajstić information content (AvgIpc) is 3.17. The minimum atomic E-state index is -0.417. The quantitative estimate of drug-likeness (QED) is 0.690. The van der Waals surface area contributed by atoms with Crippen molar-refractivity contribution in [3.63, 3.8) is 0 Å². The van der Waals surface area contributed by atoms with Gasteiger partial charge in [0.15, 0.2) is 0 Å². The van der Waals surface area contributed by atoms with E-state index in [-0.39, 0.29) is 5.88 Å². The second-order valence-electron chi connectivity index (χ2n) is 6.48. The number of hydrogen-bond acceptors (Lipinski definition) is 6. The Morgan fingerprint density at radius 1 is 1.21 bits per heavy atom. The zero-order chi connectivity index (χ0) is 20.4. The topological polar surface area (TPSA) is 106 Å². The molecule has 0 saturated heterocycles. The highest BCUT2D eigenvalue weighted by molar-refractivity contribution is 5.71. The predicted octanol–water partition coefficient (Wildman–Crippen LogP) is 3.70. The lowest BCUT2D eigenvalue weighted by Gasteiger charge is -2.24. The Labute approximate surface area is 168 Å². The van der Waals surface area contributed by atoms with Crippen molar-refractivity contribution in [3.8, 4) is 34.7 Å². The van der Waals surface area contributed by atoms with Crippen LogP contribution in [0, 0.1) is 11.3 Å². The summed E-state index contributed by atoms with van der Waals surface area (Å²) >= 11 is 0. The molecule has 4 rings (SSSR count). The van der Waals surface area contributed by atoms with Gasteiger partial charge in [0.1, 0.15) is 23.1 Å². The van der Waals surface area contributed by atoms with Gasteiger partial charge < -0.3 is 19.9 Å². The number of ether oxygens (including phenoxy) is 3. The van der Waals surface area contributed by atoms with Gasteiger partial charge in [0, 0.05) is 5.56 Å². The standard InChI is InChI=1S/C22H20N4O3/c1-3-28-15-9-7-13(8-10-15)18-17(12-23)21(24)29-22-19(18)20(25-26-22)14-5-4-6-16(11-14)27-2/h4-11,18H,3,24H2,1-2H3,(H,25,26)/t18-/m0/s1. The predicted molar refractivity (Wildman–Crippen MR) is 107 cm³/mol. The number of hydrogen-bond donors (Lipinski definition) is 2. The van der Waals surface area contributed by atoms with E-state index in [4.69, 9.17) is 19.9 Å². The first-order valence-corrected chi connectivity index (χ1v) is 9.19. The molecule has 2 heterocycles. The van der Waals surface area contributed by atoms with Crippen LogP contribution >= 0.6 is 0 Å². The van der Waals surface area contributed by atoms with Gasteiger partial charge in [-0.05, 0) is 36.8 Å². The first kappa shape index (κ1) is 18.4. The van der Waals surface area contributed by atoms with E-state index >= 15 is 0 Å². The molecule has 1 atom stereocenters. The van der Waals surface area contributed by atoms with Crippen molar-refractivity contribution in [1.82, 2.24) is 10.2 Å². The smallest absolute Gasteiger partial charge is 0.244 e. The molecule has 1 aromatic heterocycles. The van der Waals surface area contributed by atoms with Crippen LogP contribution < -0.4 is 19.9 Å². The number of H-pyrrole nitrogens is 1. The van der Waals surface area contributed by atoms with Crippen LogP contribution in [0.3, 0.4) is 0 Å². The van der Waals surface area contributed by atoms with E-state index < -0.39 is 5.92 Å². The fraction of sp³-hybridized carbons (Fsp3) is 0.182. The molecule has 7 heteroatoms. The largest absolute Gasteiger partial charge is 0.497 e. The van der Waals surface area contributed by atoms with Gasteiger partial charge in [0.25, 0.3) is 0 Å². The molecule has 1 aliphatic rings. The molecule has 0 radical (unpaired) electrons. The number of nitrogens with two attached hydrogens (primary N) is 1. The van der Waals surface area contributed by atoms with Gasteiger partial charge in [0.2, 0.25) is 11.8 Å². The Bertz CT molecular complexity index is 1110. The van der Waals surface area contributed by atoms with Crippen molar-refractivity contribution in [3.05, 3.63) is 71.1 Å². The number of nitrogens with one attached hydrogen (secondary N) is 1. The van der Waals surface area contributed by atoms with Gasteiger partial charge in [0.05, 0.1) is 30.9 Å². The van der Waals surface area contributed by atoms with Crippen LogP contribution in [0.2, 0.25) is 0 Å². The Kier molecular flexibility index (Phi) is 4.83. The summed E-state index contributed by atoms with van der Waals surface area (Å²) in [4.78, 5) is 0. The van der Waals surface area contributed by atoms with Gasteiger partial charge in [-0.15, -0.1) is 5.10 Å². The van der Waals surface area contributed by atoms with Crippen molar-refractivity contribution in [2.24, 2.45) is 5.73 Å². The Hall–Kier alpha value is -3.92. The van der Waals surface area contributed by atoms with E-state index in [1.807, 2.05) is 55.5 Å². The monoisotopic (exact) mass is 388 g/mol. The van der Waals surface area contributed by atoms with Gasteiger partial charge >= 0.3 is 0 Å². The van der Waals surface area contributed by atoms with Crippen molar-refractivity contribution in [2.75, 3.05) is 13.7 Å². The van der Waals surface area contributed by atoms with Gasteiger partial charge in [-0.25, -0.2) is 0 Å². The molecule has 0 aliphatic carbocycles. The van der Waals surface area contributed by atoms with Crippen LogP contribution in [-0.2, 0) is 0 Å². The van der Waals surface area contributed by atoms with Crippen LogP contribution in [-0.4, -0.2) is 23.9 Å². The van der Waals surface area contributed by atoms with Gasteiger partial charge in [-0.3, -0.25) is 5.10 Å². The number of allylic oxidation sites excluding steroid dienone is 1. The molecule has 3 aromatic rings. The van der Waals surface area contributed by atoms with Crippen LogP contribution in [0.4, 0.5) is 0 Å². The van der Waals surface area contributed by atoms with Crippen molar-refractivity contribution in [2.45, 2.75) is 12.8 Å². The molecule has 146 valence electrons. The third-order valence-electron chi connectivity index (χ3n) is 4.82. The van der Waals surface area contributed by atoms with Crippen LogP contribution in [0.1, 0.15) is 24.0 Å². The molecule has 0 bridgehead atoms. The second kappa shape index (κ2) is 7.60. The molecular weight excluding hydrogens is 368 g/mol. The third-order valence-corrected chi connectivity index (χ3v) is 4.82. The number of nitrogens with zero attached hydrogens (tertiary/aromatic N) is 2. The third kappa shape index (κ3) is 3.25. The van der Waals surface area contributed by atoms with Crippen LogP contribution in [0.25, 0.3) is 11.3 Å². The fourth-order valence-electron chi connectivity index (χ4n) is 3.50. The molecule has 0 unspecified atom stereocenters. The number of benzene rings is 2. The summed E-state index contributed by atoms with van der Waals surface area (Å²) in [6.45, 7) is 2.51. The normalized spacial score (nSPS) is 15.3. The highest BCUT2D eigenvalue weighted by Crippen LogP contribution is 2.46. The maximum Gasteiger partial charge on any atom is 0.244 e. The summed E-state index contributed by atoms with van der Waals surface area (Å²) < 4.78 is 16.5. The molecule has 3 N–H and O–H groups in total. The fourth-order valence-corrected chi connectivity index (χ4v) is 3.50. The maximum absolute atomic E-state index is 9.80. The number of rotatable bonds is 5. The van der Waals surface area contributed by atoms with Gasteiger partial charge in [-0.2, -0.15) is 5.26 Å². The van der Waals surface area contributed by atoms with E-state index in [1.54, 1.807) is 7.11 Å². The molecule has 0 fully saturated rings. The average molecular weight is 388 g/mol. The number of nitriles is 1. The summed E-state index contributed by atoms with van der Waals surface area (Å²) in [5.41, 5.74) is 9.65. The summed E-state index contributed by atoms with van der Waals surface area (Å²) in [6, 6.07) is 17.4. The molecule has 0 spiro atoms. The number of aromatic nitrogens is 2.